The first-order valence-electron chi connectivity index (χ1n) is 8.03. The number of pyridine rings is 1. The first-order chi connectivity index (χ1) is 10.9. The van der Waals surface area contributed by atoms with E-state index in [1.54, 1.807) is 6.07 Å². The Balaban J connectivity index is 1.65. The molecule has 0 bridgehead atoms. The van der Waals surface area contributed by atoms with Crippen LogP contribution in [0.15, 0.2) is 18.2 Å². The molecule has 3 rings (SSSR count). The average molecular weight is 327 g/mol. The Hall–Kier alpha value is -1.79. The van der Waals surface area contributed by atoms with Crippen LogP contribution in [-0.2, 0) is 11.0 Å². The number of anilines is 1. The lowest BCUT2D eigenvalue weighted by Gasteiger charge is -2.35. The van der Waals surface area contributed by atoms with Crippen molar-refractivity contribution in [3.05, 3.63) is 23.9 Å². The molecular formula is C16H20F3N3O. The van der Waals surface area contributed by atoms with Crippen LogP contribution >= 0.6 is 0 Å². The fourth-order valence-corrected chi connectivity index (χ4v) is 3.05. The van der Waals surface area contributed by atoms with Crippen molar-refractivity contribution >= 4 is 11.7 Å². The zero-order valence-electron chi connectivity index (χ0n) is 12.8. The highest BCUT2D eigenvalue weighted by atomic mass is 19.4. The molecule has 2 aliphatic rings. The Morgan fingerprint density at radius 3 is 2.65 bits per heavy atom. The van der Waals surface area contributed by atoms with Gasteiger partial charge in [0.15, 0.2) is 0 Å². The molecular weight excluding hydrogens is 307 g/mol. The van der Waals surface area contributed by atoms with Gasteiger partial charge < -0.3 is 10.2 Å². The molecule has 7 heteroatoms. The molecule has 2 heterocycles. The molecule has 23 heavy (non-hydrogen) atoms. The zero-order chi connectivity index (χ0) is 16.4. The van der Waals surface area contributed by atoms with Crippen molar-refractivity contribution in [2.24, 2.45) is 5.92 Å². The van der Waals surface area contributed by atoms with Crippen LogP contribution in [0.25, 0.3) is 0 Å². The summed E-state index contributed by atoms with van der Waals surface area (Å²) in [7, 11) is 0. The minimum absolute atomic E-state index is 0.0202. The van der Waals surface area contributed by atoms with Crippen molar-refractivity contribution in [1.82, 2.24) is 10.3 Å². The van der Waals surface area contributed by atoms with Crippen LogP contribution in [-0.4, -0.2) is 30.0 Å². The third-order valence-corrected chi connectivity index (χ3v) is 4.59. The van der Waals surface area contributed by atoms with Crippen molar-refractivity contribution in [2.45, 2.75) is 44.3 Å². The minimum Gasteiger partial charge on any atom is -0.355 e. The molecule has 4 nitrogen and oxygen atoms in total. The second-order valence-electron chi connectivity index (χ2n) is 6.30. The molecule has 1 amide bonds. The SMILES string of the molecule is O=C(NC1CCCN(c2cccc(C(F)(F)F)n2)C1)C1CCC1. The Morgan fingerprint density at radius 1 is 1.22 bits per heavy atom. The molecule has 1 aliphatic heterocycles. The molecule has 1 aromatic heterocycles. The number of aromatic nitrogens is 1. The summed E-state index contributed by atoms with van der Waals surface area (Å²) in [5.74, 6) is 0.527. The number of hydrogen-bond acceptors (Lipinski definition) is 3. The van der Waals surface area contributed by atoms with Gasteiger partial charge in [0.05, 0.1) is 0 Å². The fraction of sp³-hybridized carbons (Fsp3) is 0.625. The molecule has 1 saturated carbocycles. The van der Waals surface area contributed by atoms with Gasteiger partial charge in [0, 0.05) is 25.0 Å². The van der Waals surface area contributed by atoms with Crippen molar-refractivity contribution in [1.29, 1.82) is 0 Å². The van der Waals surface area contributed by atoms with E-state index in [0.717, 1.165) is 38.2 Å². The zero-order valence-corrected chi connectivity index (χ0v) is 12.8. The maximum absolute atomic E-state index is 12.8. The average Bonchev–Trinajstić information content (AvgIpc) is 2.45. The van der Waals surface area contributed by atoms with Crippen molar-refractivity contribution in [3.63, 3.8) is 0 Å². The second kappa shape index (κ2) is 6.37. The van der Waals surface area contributed by atoms with E-state index in [9.17, 15) is 18.0 Å². The van der Waals surface area contributed by atoms with Gasteiger partial charge in [0.1, 0.15) is 11.5 Å². The molecule has 1 unspecified atom stereocenters. The minimum atomic E-state index is -4.44. The summed E-state index contributed by atoms with van der Waals surface area (Å²) in [6.07, 6.45) is 0.225. The smallest absolute Gasteiger partial charge is 0.355 e. The number of rotatable bonds is 3. The molecule has 1 saturated heterocycles. The van der Waals surface area contributed by atoms with E-state index in [1.807, 2.05) is 4.90 Å². The van der Waals surface area contributed by atoms with Gasteiger partial charge >= 0.3 is 6.18 Å². The molecule has 0 aromatic carbocycles. The van der Waals surface area contributed by atoms with Crippen LogP contribution in [0.1, 0.15) is 37.8 Å². The van der Waals surface area contributed by atoms with Gasteiger partial charge in [-0.25, -0.2) is 4.98 Å². The number of nitrogens with one attached hydrogen (secondary N) is 1. The van der Waals surface area contributed by atoms with Gasteiger partial charge in [-0.15, -0.1) is 0 Å². The molecule has 1 aliphatic carbocycles. The van der Waals surface area contributed by atoms with Crippen molar-refractivity contribution in [3.8, 4) is 0 Å². The van der Waals surface area contributed by atoms with Crippen LogP contribution in [0.2, 0.25) is 0 Å². The van der Waals surface area contributed by atoms with Gasteiger partial charge in [0.2, 0.25) is 5.91 Å². The van der Waals surface area contributed by atoms with Crippen LogP contribution in [0.4, 0.5) is 19.0 Å². The van der Waals surface area contributed by atoms with E-state index < -0.39 is 11.9 Å². The molecule has 0 radical (unpaired) electrons. The standard InChI is InChI=1S/C16H20F3N3O/c17-16(18,19)13-7-2-8-14(21-13)22-9-3-6-12(10-22)20-15(23)11-4-1-5-11/h2,7-8,11-12H,1,3-6,9-10H2,(H,20,23). The summed E-state index contributed by atoms with van der Waals surface area (Å²) in [6, 6.07) is 3.92. The Kier molecular flexibility index (Phi) is 4.46. The highest BCUT2D eigenvalue weighted by Crippen LogP contribution is 2.30. The lowest BCUT2D eigenvalue weighted by molar-refractivity contribution is -0.141. The van der Waals surface area contributed by atoms with Crippen LogP contribution in [0.3, 0.4) is 0 Å². The lowest BCUT2D eigenvalue weighted by atomic mass is 9.84. The summed E-state index contributed by atoms with van der Waals surface area (Å²) in [5.41, 5.74) is -0.879. The third kappa shape index (κ3) is 3.76. The van der Waals surface area contributed by atoms with Gasteiger partial charge in [-0.1, -0.05) is 12.5 Å². The van der Waals surface area contributed by atoms with Crippen LogP contribution < -0.4 is 10.2 Å². The normalized spacial score (nSPS) is 22.6. The van der Waals surface area contributed by atoms with Crippen molar-refractivity contribution in [2.75, 3.05) is 18.0 Å². The van der Waals surface area contributed by atoms with Crippen molar-refractivity contribution < 1.29 is 18.0 Å². The molecule has 2 fully saturated rings. The first-order valence-corrected chi connectivity index (χ1v) is 8.03. The van der Waals surface area contributed by atoms with Gasteiger partial charge in [-0.3, -0.25) is 4.79 Å². The summed E-state index contributed by atoms with van der Waals surface area (Å²) < 4.78 is 38.3. The summed E-state index contributed by atoms with van der Waals surface area (Å²) >= 11 is 0. The van der Waals surface area contributed by atoms with E-state index in [0.29, 0.717) is 18.9 Å². The van der Waals surface area contributed by atoms with Gasteiger partial charge in [-0.2, -0.15) is 13.2 Å². The number of carbonyl (C=O) groups is 1. The molecule has 1 aromatic rings. The Bertz CT molecular complexity index is 572. The second-order valence-corrected chi connectivity index (χ2v) is 6.30. The van der Waals surface area contributed by atoms with Crippen LogP contribution in [0.5, 0.6) is 0 Å². The maximum atomic E-state index is 12.8. The highest BCUT2D eigenvalue weighted by molar-refractivity contribution is 5.79. The first kappa shape index (κ1) is 16.1. The summed E-state index contributed by atoms with van der Waals surface area (Å²) in [6.45, 7) is 1.16. The monoisotopic (exact) mass is 327 g/mol. The number of nitrogens with zero attached hydrogens (tertiary/aromatic N) is 2. The van der Waals surface area contributed by atoms with E-state index in [2.05, 4.69) is 10.3 Å². The van der Waals surface area contributed by atoms with E-state index in [1.165, 1.54) is 6.07 Å². The maximum Gasteiger partial charge on any atom is 0.433 e. The molecule has 1 N–H and O–H groups in total. The van der Waals surface area contributed by atoms with Gasteiger partial charge in [-0.05, 0) is 37.8 Å². The lowest BCUT2D eigenvalue weighted by Crippen LogP contribution is -2.50. The largest absolute Gasteiger partial charge is 0.433 e. The summed E-state index contributed by atoms with van der Waals surface area (Å²) in [5, 5.41) is 3.03. The predicted molar refractivity (Wildman–Crippen MR) is 80.0 cm³/mol. The summed E-state index contributed by atoms with van der Waals surface area (Å²) in [4.78, 5) is 17.6. The fourth-order valence-electron chi connectivity index (χ4n) is 3.05. The topological polar surface area (TPSA) is 45.2 Å². The van der Waals surface area contributed by atoms with Gasteiger partial charge in [0.25, 0.3) is 0 Å². The predicted octanol–water partition coefficient (Wildman–Crippen LogP) is 2.99. The van der Waals surface area contributed by atoms with E-state index in [-0.39, 0.29) is 17.9 Å². The number of alkyl halides is 3. The number of halogens is 3. The molecule has 0 spiro atoms. The number of hydrogen-bond donors (Lipinski definition) is 1. The molecule has 126 valence electrons. The Morgan fingerprint density at radius 2 is 2.00 bits per heavy atom. The third-order valence-electron chi connectivity index (χ3n) is 4.59. The Labute approximate surface area is 133 Å². The van der Waals surface area contributed by atoms with E-state index >= 15 is 0 Å². The number of amides is 1. The van der Waals surface area contributed by atoms with E-state index in [4.69, 9.17) is 0 Å². The van der Waals surface area contributed by atoms with Crippen LogP contribution in [0, 0.1) is 5.92 Å². The quantitative estimate of drug-likeness (QED) is 0.928. The number of carbonyl (C=O) groups excluding carboxylic acids is 1. The highest BCUT2D eigenvalue weighted by Gasteiger charge is 2.33. The number of piperidine rings is 1. The molecule has 1 atom stereocenters.